The van der Waals surface area contributed by atoms with E-state index < -0.39 is 31.2 Å². The van der Waals surface area contributed by atoms with Crippen LogP contribution in [0.5, 0.6) is 0 Å². The first kappa shape index (κ1) is 24.4. The zero-order chi connectivity index (χ0) is 23.4. The number of carbonyl (C=O) groups excluding carboxylic acids is 3. The molecule has 31 heavy (non-hydrogen) atoms. The average molecular weight is 458 g/mol. The molecule has 6 atom stereocenters. The van der Waals surface area contributed by atoms with Gasteiger partial charge in [-0.15, -0.1) is 0 Å². The second-order valence-corrected chi connectivity index (χ2v) is 10.9. The van der Waals surface area contributed by atoms with Gasteiger partial charge in [-0.25, -0.2) is 4.57 Å². The second kappa shape index (κ2) is 7.97. The van der Waals surface area contributed by atoms with Crippen molar-refractivity contribution in [3.8, 4) is 0 Å². The highest BCUT2D eigenvalue weighted by Crippen LogP contribution is 2.66. The lowest BCUT2D eigenvalue weighted by molar-refractivity contribution is -0.170. The molecule has 4 aliphatic carbocycles. The minimum Gasteiger partial charge on any atom is -0.388 e. The van der Waals surface area contributed by atoms with E-state index in [1.165, 1.54) is 0 Å². The number of carbonyl (C=O) groups is 3. The van der Waals surface area contributed by atoms with Crippen LogP contribution in [0.25, 0.3) is 0 Å². The number of hydrogen-bond acceptors (Lipinski definition) is 6. The fourth-order valence-electron chi connectivity index (χ4n) is 6.98. The van der Waals surface area contributed by atoms with Gasteiger partial charge in [0.2, 0.25) is 0 Å². The van der Waals surface area contributed by atoms with E-state index in [1.807, 2.05) is 6.92 Å². The third-order valence-corrected chi connectivity index (χ3v) is 8.41. The Balaban J connectivity index is 0.000000491. The monoisotopic (exact) mass is 458 g/mol. The summed E-state index contributed by atoms with van der Waals surface area (Å²) in [5.74, 6) is -0.172. The van der Waals surface area contributed by atoms with Crippen molar-refractivity contribution >= 4 is 25.2 Å². The van der Waals surface area contributed by atoms with Crippen LogP contribution < -0.4 is 0 Å². The molecule has 4 aliphatic rings. The van der Waals surface area contributed by atoms with Crippen LogP contribution in [0.4, 0.5) is 0 Å². The lowest BCUT2D eigenvalue weighted by Crippen LogP contribution is -2.60. The van der Waals surface area contributed by atoms with Crippen LogP contribution in [0.1, 0.15) is 58.8 Å². The molecule has 174 valence electrons. The lowest BCUT2D eigenvalue weighted by Gasteiger charge is -2.57. The summed E-state index contributed by atoms with van der Waals surface area (Å²) >= 11 is 0. The quantitative estimate of drug-likeness (QED) is 0.380. The van der Waals surface area contributed by atoms with Crippen LogP contribution >= 0.6 is 7.82 Å². The topological polar surface area (TPSA) is 169 Å². The van der Waals surface area contributed by atoms with Crippen molar-refractivity contribution in [3.63, 3.8) is 0 Å². The van der Waals surface area contributed by atoms with E-state index in [-0.39, 0.29) is 41.2 Å². The summed E-state index contributed by atoms with van der Waals surface area (Å²) in [6, 6.07) is 0. The Morgan fingerprint density at radius 2 is 1.74 bits per heavy atom. The highest BCUT2D eigenvalue weighted by Gasteiger charge is 2.68. The van der Waals surface area contributed by atoms with Crippen LogP contribution in [0.3, 0.4) is 0 Å². The van der Waals surface area contributed by atoms with E-state index in [4.69, 9.17) is 19.2 Å². The standard InChI is InChI=1S/C21H28O5.H3O4P/c1-19-7-5-13(23)9-12(19)3-4-14-15-6-8-21(26,17(25)11-22)20(15,2)10-16(24)18(14)19;1-5(2,3)4/h9,14-15,18,22,26H,3-8,10-11H2,1-2H3;(H3,1,2,3,4)/t14-,15-,18+,19-,20-,21-;/m0./s1. The first-order valence-electron chi connectivity index (χ1n) is 10.6. The normalized spacial score (nSPS) is 41.9. The van der Waals surface area contributed by atoms with Crippen molar-refractivity contribution in [2.24, 2.45) is 28.6 Å². The number of hydrogen-bond donors (Lipinski definition) is 5. The zero-order valence-corrected chi connectivity index (χ0v) is 18.7. The predicted molar refractivity (Wildman–Crippen MR) is 108 cm³/mol. The number of Topliss-reactive ketones (excluding diaryl/α,β-unsaturated/α-hetero) is 2. The minimum absolute atomic E-state index is 0.0988. The zero-order valence-electron chi connectivity index (χ0n) is 17.8. The van der Waals surface area contributed by atoms with Gasteiger partial charge < -0.3 is 24.9 Å². The van der Waals surface area contributed by atoms with Crippen LogP contribution in [-0.2, 0) is 18.9 Å². The summed E-state index contributed by atoms with van der Waals surface area (Å²) in [5, 5.41) is 20.5. The van der Waals surface area contributed by atoms with Gasteiger partial charge >= 0.3 is 7.82 Å². The Morgan fingerprint density at radius 1 is 1.13 bits per heavy atom. The van der Waals surface area contributed by atoms with E-state index in [9.17, 15) is 24.6 Å². The fraction of sp³-hybridized carbons (Fsp3) is 0.762. The van der Waals surface area contributed by atoms with Gasteiger partial charge in [-0.2, -0.15) is 0 Å². The molecular weight excluding hydrogens is 427 g/mol. The smallest absolute Gasteiger partial charge is 0.388 e. The maximum absolute atomic E-state index is 13.3. The molecule has 0 amide bonds. The summed E-state index contributed by atoms with van der Waals surface area (Å²) in [4.78, 5) is 59.1. The number of aliphatic hydroxyl groups is 2. The number of phosphoric acid groups is 1. The molecule has 0 heterocycles. The average Bonchev–Trinajstić information content (AvgIpc) is 2.91. The molecule has 0 aromatic carbocycles. The van der Waals surface area contributed by atoms with Crippen LogP contribution in [0.15, 0.2) is 11.6 Å². The predicted octanol–water partition coefficient (Wildman–Crippen LogP) is 1.06. The minimum atomic E-state index is -4.64. The van der Waals surface area contributed by atoms with Crippen LogP contribution in [0, 0.1) is 28.6 Å². The van der Waals surface area contributed by atoms with E-state index in [0.29, 0.717) is 25.7 Å². The summed E-state index contributed by atoms with van der Waals surface area (Å²) in [6.07, 6.45) is 5.83. The number of ketones is 3. The molecule has 10 heteroatoms. The van der Waals surface area contributed by atoms with Crippen molar-refractivity contribution in [2.75, 3.05) is 6.61 Å². The Kier molecular flexibility index (Phi) is 6.28. The van der Waals surface area contributed by atoms with Gasteiger partial charge in [0.25, 0.3) is 0 Å². The van der Waals surface area contributed by atoms with Gasteiger partial charge in [-0.05, 0) is 55.4 Å². The molecule has 0 unspecified atom stereocenters. The Morgan fingerprint density at radius 3 is 2.32 bits per heavy atom. The fourth-order valence-corrected chi connectivity index (χ4v) is 6.98. The maximum atomic E-state index is 13.3. The van der Waals surface area contributed by atoms with Crippen LogP contribution in [0.2, 0.25) is 0 Å². The van der Waals surface area contributed by atoms with Crippen molar-refractivity contribution in [1.29, 1.82) is 0 Å². The molecule has 0 aromatic heterocycles. The van der Waals surface area contributed by atoms with Gasteiger partial charge in [-0.1, -0.05) is 19.4 Å². The highest BCUT2D eigenvalue weighted by molar-refractivity contribution is 7.45. The molecule has 5 N–H and O–H groups in total. The summed E-state index contributed by atoms with van der Waals surface area (Å²) in [7, 11) is -4.64. The molecule has 0 aromatic rings. The molecule has 3 saturated carbocycles. The molecule has 0 saturated heterocycles. The van der Waals surface area contributed by atoms with E-state index >= 15 is 0 Å². The Hall–Kier alpha value is -1.22. The lowest BCUT2D eigenvalue weighted by atomic mass is 9.46. The molecule has 0 bridgehead atoms. The molecule has 4 rings (SSSR count). The molecule has 0 spiro atoms. The molecule has 3 fully saturated rings. The van der Waals surface area contributed by atoms with Crippen molar-refractivity contribution < 1.29 is 43.8 Å². The van der Waals surface area contributed by atoms with Crippen molar-refractivity contribution in [2.45, 2.75) is 64.4 Å². The number of rotatable bonds is 2. The Labute approximate surface area is 180 Å². The summed E-state index contributed by atoms with van der Waals surface area (Å²) in [6.45, 7) is 3.31. The van der Waals surface area contributed by atoms with Gasteiger partial charge in [-0.3, -0.25) is 14.4 Å². The van der Waals surface area contributed by atoms with Gasteiger partial charge in [0.1, 0.15) is 18.0 Å². The molecule has 0 radical (unpaired) electrons. The third kappa shape index (κ3) is 4.01. The summed E-state index contributed by atoms with van der Waals surface area (Å²) < 4.78 is 8.88. The van der Waals surface area contributed by atoms with E-state index in [1.54, 1.807) is 6.08 Å². The maximum Gasteiger partial charge on any atom is 0.466 e. The summed E-state index contributed by atoms with van der Waals surface area (Å²) in [5.41, 5.74) is -1.55. The SMILES string of the molecule is C[C@]12CCC(=O)C=C1CC[C@@H]1[C@@H]2C(=O)C[C@@]2(C)[C@H]1CC[C@]2(O)C(=O)CO.O=P(O)(O)O. The van der Waals surface area contributed by atoms with Crippen LogP contribution in [-0.4, -0.2) is 54.5 Å². The van der Waals surface area contributed by atoms with E-state index in [2.05, 4.69) is 6.92 Å². The highest BCUT2D eigenvalue weighted by atomic mass is 31.2. The van der Waals surface area contributed by atoms with Crippen molar-refractivity contribution in [1.82, 2.24) is 0 Å². The van der Waals surface area contributed by atoms with Gasteiger partial charge in [0.05, 0.1) is 0 Å². The first-order valence-corrected chi connectivity index (χ1v) is 12.2. The van der Waals surface area contributed by atoms with Gasteiger partial charge in [0, 0.05) is 24.2 Å². The number of aliphatic hydroxyl groups excluding tert-OH is 1. The first-order chi connectivity index (χ1) is 14.2. The number of fused-ring (bicyclic) bond motifs is 5. The second-order valence-electron chi connectivity index (χ2n) is 9.89. The third-order valence-electron chi connectivity index (χ3n) is 8.41. The molecular formula is C21H31O9P. The molecule has 9 nitrogen and oxygen atoms in total. The Bertz CT molecular complexity index is 868. The largest absolute Gasteiger partial charge is 0.466 e. The molecule has 0 aliphatic heterocycles. The van der Waals surface area contributed by atoms with Gasteiger partial charge in [0.15, 0.2) is 11.6 Å². The van der Waals surface area contributed by atoms with E-state index in [0.717, 1.165) is 18.4 Å². The number of allylic oxidation sites excluding steroid dienone is 1. The van der Waals surface area contributed by atoms with Crippen molar-refractivity contribution in [3.05, 3.63) is 11.6 Å².